The Hall–Kier alpha value is -4.24. The molecule has 5 aromatic rings. The second-order valence-electron chi connectivity index (χ2n) is 7.76. The smallest absolute Gasteiger partial charge is 0.210 e. The van der Waals surface area contributed by atoms with E-state index < -0.39 is 0 Å². The van der Waals surface area contributed by atoms with Crippen LogP contribution in [0.3, 0.4) is 0 Å². The molecule has 156 valence electrons. The summed E-state index contributed by atoms with van der Waals surface area (Å²) in [6.07, 6.45) is 1.85. The quantitative estimate of drug-likeness (QED) is 0.401. The number of halogens is 1. The highest BCUT2D eigenvalue weighted by Gasteiger charge is 2.17. The molecule has 2 aromatic heterocycles. The molecule has 0 saturated carbocycles. The number of rotatable bonds is 2. The Morgan fingerprint density at radius 2 is 1.75 bits per heavy atom. The summed E-state index contributed by atoms with van der Waals surface area (Å²) in [5.74, 6) is -0.262. The molecule has 0 amide bonds. The van der Waals surface area contributed by atoms with Gasteiger partial charge in [-0.2, -0.15) is 5.26 Å². The SMILES string of the molecule is C/N=c1\n(C)c2cnc3ccc(-c4ccc(F)cc4)cc3c2n1-c1cc(C#N)ccc1C. The molecule has 5 rings (SSSR count). The first-order valence-electron chi connectivity index (χ1n) is 10.2. The molecule has 2 heterocycles. The minimum absolute atomic E-state index is 0.262. The average molecular weight is 421 g/mol. The maximum Gasteiger partial charge on any atom is 0.210 e. The number of fused-ring (bicyclic) bond motifs is 3. The second kappa shape index (κ2) is 7.47. The van der Waals surface area contributed by atoms with Gasteiger partial charge in [0.15, 0.2) is 0 Å². The Kier molecular flexibility index (Phi) is 4.60. The molecule has 0 atom stereocenters. The number of aryl methyl sites for hydroxylation is 2. The Morgan fingerprint density at radius 3 is 2.47 bits per heavy atom. The second-order valence-corrected chi connectivity index (χ2v) is 7.76. The Balaban J connectivity index is 1.92. The molecule has 0 N–H and O–H groups in total. The predicted molar refractivity (Wildman–Crippen MR) is 124 cm³/mol. The first-order chi connectivity index (χ1) is 15.5. The molecule has 0 spiro atoms. The van der Waals surface area contributed by atoms with E-state index in [9.17, 15) is 9.65 Å². The molecule has 0 radical (unpaired) electrons. The maximum atomic E-state index is 13.4. The lowest BCUT2D eigenvalue weighted by atomic mass is 10.0. The minimum Gasteiger partial charge on any atom is -0.312 e. The Labute approximate surface area is 184 Å². The van der Waals surface area contributed by atoms with Crippen molar-refractivity contribution >= 4 is 21.9 Å². The number of benzene rings is 3. The van der Waals surface area contributed by atoms with E-state index in [1.807, 2.05) is 55.1 Å². The lowest BCUT2D eigenvalue weighted by Crippen LogP contribution is -2.23. The molecule has 0 unspecified atom stereocenters. The zero-order valence-corrected chi connectivity index (χ0v) is 18.0. The number of imidazole rings is 1. The van der Waals surface area contributed by atoms with E-state index in [2.05, 4.69) is 26.7 Å². The lowest BCUT2D eigenvalue weighted by molar-refractivity contribution is 0.628. The Morgan fingerprint density at radius 1 is 1.00 bits per heavy atom. The highest BCUT2D eigenvalue weighted by Crippen LogP contribution is 2.30. The third kappa shape index (κ3) is 2.98. The first kappa shape index (κ1) is 19.7. The van der Waals surface area contributed by atoms with Crippen molar-refractivity contribution < 1.29 is 4.39 Å². The van der Waals surface area contributed by atoms with E-state index in [1.54, 1.807) is 19.2 Å². The summed E-state index contributed by atoms with van der Waals surface area (Å²) in [6.45, 7) is 2.02. The van der Waals surface area contributed by atoms with Gasteiger partial charge in [-0.1, -0.05) is 24.3 Å². The van der Waals surface area contributed by atoms with E-state index >= 15 is 0 Å². The lowest BCUT2D eigenvalue weighted by Gasteiger charge is -2.11. The van der Waals surface area contributed by atoms with Crippen LogP contribution in [-0.4, -0.2) is 21.2 Å². The number of pyridine rings is 1. The molecule has 0 aliphatic carbocycles. The van der Waals surface area contributed by atoms with Crippen LogP contribution in [0.2, 0.25) is 0 Å². The van der Waals surface area contributed by atoms with Crippen molar-refractivity contribution in [1.82, 2.24) is 14.1 Å². The van der Waals surface area contributed by atoms with Crippen LogP contribution in [0, 0.1) is 24.1 Å². The fraction of sp³-hybridized carbons (Fsp3) is 0.115. The van der Waals surface area contributed by atoms with Crippen LogP contribution in [0.5, 0.6) is 0 Å². The van der Waals surface area contributed by atoms with Crippen molar-refractivity contribution in [2.24, 2.45) is 12.0 Å². The highest BCUT2D eigenvalue weighted by atomic mass is 19.1. The summed E-state index contributed by atoms with van der Waals surface area (Å²) in [4.78, 5) is 9.22. The van der Waals surface area contributed by atoms with Crippen LogP contribution in [0.4, 0.5) is 4.39 Å². The minimum atomic E-state index is -0.262. The van der Waals surface area contributed by atoms with Gasteiger partial charge in [-0.25, -0.2) is 4.39 Å². The van der Waals surface area contributed by atoms with Gasteiger partial charge < -0.3 is 4.57 Å². The van der Waals surface area contributed by atoms with Gasteiger partial charge in [0, 0.05) is 19.5 Å². The van der Waals surface area contributed by atoms with E-state index in [4.69, 9.17) is 0 Å². The molecule has 5 nitrogen and oxygen atoms in total. The largest absolute Gasteiger partial charge is 0.312 e. The monoisotopic (exact) mass is 421 g/mol. The summed E-state index contributed by atoms with van der Waals surface area (Å²) in [7, 11) is 3.72. The molecule has 0 fully saturated rings. The van der Waals surface area contributed by atoms with Crippen molar-refractivity contribution in [3.05, 3.63) is 89.4 Å². The van der Waals surface area contributed by atoms with Crippen LogP contribution >= 0.6 is 0 Å². The molecule has 0 bridgehead atoms. The van der Waals surface area contributed by atoms with Crippen LogP contribution < -0.4 is 5.62 Å². The third-order valence-corrected chi connectivity index (χ3v) is 5.86. The summed E-state index contributed by atoms with van der Waals surface area (Å²) in [5.41, 5.74) is 7.90. The van der Waals surface area contributed by atoms with Gasteiger partial charge in [0.05, 0.1) is 40.1 Å². The average Bonchev–Trinajstić information content (AvgIpc) is 3.11. The van der Waals surface area contributed by atoms with Gasteiger partial charge in [-0.3, -0.25) is 14.5 Å². The maximum absolute atomic E-state index is 13.4. The van der Waals surface area contributed by atoms with Crippen molar-refractivity contribution in [2.45, 2.75) is 6.92 Å². The molecule has 0 aliphatic rings. The van der Waals surface area contributed by atoms with Gasteiger partial charge in [-0.15, -0.1) is 0 Å². The molecule has 0 aliphatic heterocycles. The van der Waals surface area contributed by atoms with E-state index in [0.29, 0.717) is 5.56 Å². The molecule has 6 heteroatoms. The number of hydrogen-bond acceptors (Lipinski definition) is 3. The van der Waals surface area contributed by atoms with Gasteiger partial charge in [0.25, 0.3) is 0 Å². The predicted octanol–water partition coefficient (Wildman–Crippen LogP) is 5.03. The van der Waals surface area contributed by atoms with Gasteiger partial charge in [-0.05, 0) is 60.0 Å². The number of nitriles is 1. The summed E-state index contributed by atoms with van der Waals surface area (Å²) in [5, 5.41) is 10.4. The third-order valence-electron chi connectivity index (χ3n) is 5.86. The van der Waals surface area contributed by atoms with Crippen molar-refractivity contribution in [1.29, 1.82) is 5.26 Å². The fourth-order valence-electron chi connectivity index (χ4n) is 4.23. The summed E-state index contributed by atoms with van der Waals surface area (Å²) < 4.78 is 17.5. The first-order valence-corrected chi connectivity index (χ1v) is 10.2. The van der Waals surface area contributed by atoms with E-state index in [-0.39, 0.29) is 5.82 Å². The molecular weight excluding hydrogens is 401 g/mol. The van der Waals surface area contributed by atoms with Gasteiger partial charge in [0.1, 0.15) is 5.82 Å². The molecule has 3 aromatic carbocycles. The Bertz CT molecular complexity index is 1620. The number of hydrogen-bond donors (Lipinski definition) is 0. The molecular formula is C26H20FN5. The fourth-order valence-corrected chi connectivity index (χ4v) is 4.23. The van der Waals surface area contributed by atoms with Crippen LogP contribution in [0.15, 0.2) is 71.9 Å². The summed E-state index contributed by atoms with van der Waals surface area (Å²) >= 11 is 0. The molecule has 32 heavy (non-hydrogen) atoms. The highest BCUT2D eigenvalue weighted by molar-refractivity contribution is 6.04. The van der Waals surface area contributed by atoms with E-state index in [0.717, 1.165) is 49.9 Å². The van der Waals surface area contributed by atoms with Crippen molar-refractivity contribution in [2.75, 3.05) is 7.05 Å². The zero-order valence-electron chi connectivity index (χ0n) is 18.0. The number of nitrogens with zero attached hydrogens (tertiary/aromatic N) is 5. The van der Waals surface area contributed by atoms with Crippen LogP contribution in [-0.2, 0) is 7.05 Å². The van der Waals surface area contributed by atoms with Crippen molar-refractivity contribution in [3.63, 3.8) is 0 Å². The zero-order chi connectivity index (χ0) is 22.4. The van der Waals surface area contributed by atoms with Crippen molar-refractivity contribution in [3.8, 4) is 22.9 Å². The normalized spacial score (nSPS) is 11.9. The molecule has 0 saturated heterocycles. The van der Waals surface area contributed by atoms with Gasteiger partial charge in [0.2, 0.25) is 5.62 Å². The summed E-state index contributed by atoms with van der Waals surface area (Å²) in [6, 6.07) is 20.4. The standard InChI is InChI=1S/C26H20FN5/c1-16-4-5-17(14-28)12-23(16)32-25-21-13-19(18-6-9-20(27)10-7-18)8-11-22(21)30-15-24(25)31(3)26(32)29-2/h4-13,15H,1-3H3/b29-26+. The van der Waals surface area contributed by atoms with Crippen LogP contribution in [0.25, 0.3) is 38.8 Å². The van der Waals surface area contributed by atoms with Gasteiger partial charge >= 0.3 is 0 Å². The topological polar surface area (TPSA) is 58.9 Å². The van der Waals surface area contributed by atoms with E-state index in [1.165, 1.54) is 12.1 Å². The van der Waals surface area contributed by atoms with Crippen LogP contribution in [0.1, 0.15) is 11.1 Å². The number of aromatic nitrogens is 3.